The summed E-state index contributed by atoms with van der Waals surface area (Å²) in [5.74, 6) is 0. The van der Waals surface area contributed by atoms with Gasteiger partial charge in [-0.15, -0.1) is 0 Å². The molecule has 0 aliphatic carbocycles. The first kappa shape index (κ1) is 19.0. The Hall–Kier alpha value is -2.06. The van der Waals surface area contributed by atoms with Crippen molar-refractivity contribution >= 4 is 15.8 Å². The van der Waals surface area contributed by atoms with Crippen molar-refractivity contribution in [3.8, 4) is 0 Å². The number of halogens is 3. The van der Waals surface area contributed by atoms with Crippen molar-refractivity contribution in [1.82, 2.24) is 0 Å². The van der Waals surface area contributed by atoms with E-state index >= 15 is 0 Å². The molecule has 0 atom stereocenters. The maximum absolute atomic E-state index is 12.1. The van der Waals surface area contributed by atoms with E-state index in [9.17, 15) is 21.6 Å². The minimum atomic E-state index is -4.26. The molecular formula is C15H16F3NO3S. The summed E-state index contributed by atoms with van der Waals surface area (Å²) in [7, 11) is -2.44. The van der Waals surface area contributed by atoms with Gasteiger partial charge < -0.3 is 5.32 Å². The lowest BCUT2D eigenvalue weighted by Crippen LogP contribution is -2.04. The fraction of sp³-hybridized carbons (Fsp3) is 0.200. The molecule has 0 saturated carbocycles. The molecule has 0 saturated heterocycles. The molecule has 8 heteroatoms. The topological polar surface area (TPSA) is 66.4 Å². The highest BCUT2D eigenvalue weighted by Gasteiger charge is 2.30. The number of alkyl halides is 3. The third kappa shape index (κ3) is 6.29. The van der Waals surface area contributed by atoms with Gasteiger partial charge in [0.1, 0.15) is 0 Å². The average molecular weight is 347 g/mol. The number of aryl methyl sites for hydroxylation is 1. The zero-order valence-corrected chi connectivity index (χ0v) is 13.2. The summed E-state index contributed by atoms with van der Waals surface area (Å²) in [6.07, 6.45) is -4.26. The molecule has 0 heterocycles. The Labute approximate surface area is 132 Å². The van der Waals surface area contributed by atoms with E-state index in [2.05, 4.69) is 5.32 Å². The monoisotopic (exact) mass is 347 g/mol. The van der Waals surface area contributed by atoms with Gasteiger partial charge in [0.2, 0.25) is 0 Å². The molecule has 0 aromatic heterocycles. The third-order valence-electron chi connectivity index (χ3n) is 2.80. The minimum absolute atomic E-state index is 0.0666. The zero-order valence-electron chi connectivity index (χ0n) is 12.4. The molecule has 23 heavy (non-hydrogen) atoms. The van der Waals surface area contributed by atoms with Gasteiger partial charge in [0.25, 0.3) is 10.1 Å². The lowest BCUT2D eigenvalue weighted by atomic mass is 10.2. The van der Waals surface area contributed by atoms with Gasteiger partial charge in [0, 0.05) is 12.7 Å². The van der Waals surface area contributed by atoms with Crippen molar-refractivity contribution in [2.45, 2.75) is 18.0 Å². The van der Waals surface area contributed by atoms with Gasteiger partial charge in [-0.3, -0.25) is 4.55 Å². The number of benzene rings is 2. The first-order valence-electron chi connectivity index (χ1n) is 6.43. The highest BCUT2D eigenvalue weighted by molar-refractivity contribution is 7.85. The van der Waals surface area contributed by atoms with E-state index in [1.165, 1.54) is 18.2 Å². The van der Waals surface area contributed by atoms with Gasteiger partial charge in [-0.05, 0) is 37.3 Å². The average Bonchev–Trinajstić information content (AvgIpc) is 2.46. The fourth-order valence-corrected chi connectivity index (χ4v) is 2.04. The van der Waals surface area contributed by atoms with Crippen LogP contribution in [0.1, 0.15) is 11.1 Å². The van der Waals surface area contributed by atoms with E-state index in [1.54, 1.807) is 25.2 Å². The summed E-state index contributed by atoms with van der Waals surface area (Å²) in [4.78, 5) is -0.0666. The van der Waals surface area contributed by atoms with Crippen molar-refractivity contribution in [1.29, 1.82) is 0 Å². The van der Waals surface area contributed by atoms with Crippen LogP contribution in [0.2, 0.25) is 0 Å². The van der Waals surface area contributed by atoms with Gasteiger partial charge in [-0.2, -0.15) is 21.6 Å². The molecule has 2 aromatic rings. The van der Waals surface area contributed by atoms with Crippen molar-refractivity contribution < 1.29 is 26.1 Å². The largest absolute Gasteiger partial charge is 0.416 e. The predicted octanol–water partition coefficient (Wildman–Crippen LogP) is 3.99. The summed E-state index contributed by atoms with van der Waals surface area (Å²) in [6, 6.07) is 11.0. The van der Waals surface area contributed by atoms with E-state index in [1.807, 2.05) is 6.92 Å². The van der Waals surface area contributed by atoms with Crippen LogP contribution in [0, 0.1) is 6.92 Å². The highest BCUT2D eigenvalue weighted by atomic mass is 32.2. The van der Waals surface area contributed by atoms with Gasteiger partial charge >= 0.3 is 6.18 Å². The summed E-state index contributed by atoms with van der Waals surface area (Å²) in [5.41, 5.74) is 0.788. The summed E-state index contributed by atoms with van der Waals surface area (Å²) in [5, 5.41) is 2.64. The maximum atomic E-state index is 12.1. The third-order valence-corrected chi connectivity index (χ3v) is 3.67. The zero-order chi connectivity index (χ0) is 17.7. The van der Waals surface area contributed by atoms with Gasteiger partial charge in [0.15, 0.2) is 0 Å². The molecule has 0 aliphatic heterocycles. The number of anilines is 1. The fourth-order valence-electron chi connectivity index (χ4n) is 1.56. The molecule has 0 bridgehead atoms. The Morgan fingerprint density at radius 1 is 1.04 bits per heavy atom. The molecule has 0 amide bonds. The Morgan fingerprint density at radius 3 is 2.04 bits per heavy atom. The number of rotatable bonds is 2. The maximum Gasteiger partial charge on any atom is 0.416 e. The van der Waals surface area contributed by atoms with Crippen LogP contribution in [0.4, 0.5) is 18.9 Å². The molecule has 0 aliphatic rings. The number of nitrogens with one attached hydrogen (secondary N) is 1. The summed E-state index contributed by atoms with van der Waals surface area (Å²) >= 11 is 0. The second kappa shape index (κ2) is 7.47. The van der Waals surface area contributed by atoms with Crippen LogP contribution in [0.15, 0.2) is 53.4 Å². The standard InChI is InChI=1S/C8H8F3N.C7H8O3S/c1-12-7-4-2-3-6(5-7)8(9,10)11;1-6-2-4-7(5-3-6)11(8,9)10/h2-5,12H,1H3;2-5H,1H3,(H,8,9,10). The van der Waals surface area contributed by atoms with E-state index in [0.717, 1.165) is 17.7 Å². The van der Waals surface area contributed by atoms with E-state index in [0.29, 0.717) is 5.69 Å². The van der Waals surface area contributed by atoms with Gasteiger partial charge in [-0.25, -0.2) is 0 Å². The van der Waals surface area contributed by atoms with Crippen LogP contribution in [0.25, 0.3) is 0 Å². The van der Waals surface area contributed by atoms with Crippen LogP contribution >= 0.6 is 0 Å². The van der Waals surface area contributed by atoms with Gasteiger partial charge in [0.05, 0.1) is 10.5 Å². The highest BCUT2D eigenvalue weighted by Crippen LogP contribution is 2.30. The van der Waals surface area contributed by atoms with Crippen molar-refractivity contribution in [3.05, 3.63) is 59.7 Å². The molecular weight excluding hydrogens is 331 g/mol. The van der Waals surface area contributed by atoms with E-state index < -0.39 is 21.9 Å². The summed E-state index contributed by atoms with van der Waals surface area (Å²) in [6.45, 7) is 1.84. The normalized spacial score (nSPS) is 11.4. The van der Waals surface area contributed by atoms with Crippen molar-refractivity contribution in [3.63, 3.8) is 0 Å². The molecule has 0 fully saturated rings. The van der Waals surface area contributed by atoms with E-state index in [-0.39, 0.29) is 4.90 Å². The lowest BCUT2D eigenvalue weighted by molar-refractivity contribution is -0.137. The number of hydrogen-bond acceptors (Lipinski definition) is 3. The Bertz CT molecular complexity index is 741. The van der Waals surface area contributed by atoms with E-state index in [4.69, 9.17) is 4.55 Å². The van der Waals surface area contributed by atoms with Crippen LogP contribution in [-0.4, -0.2) is 20.0 Å². The molecule has 0 unspecified atom stereocenters. The van der Waals surface area contributed by atoms with Crippen LogP contribution in [0.5, 0.6) is 0 Å². The quantitative estimate of drug-likeness (QED) is 0.806. The molecule has 2 rings (SSSR count). The van der Waals surface area contributed by atoms with Crippen LogP contribution in [0.3, 0.4) is 0 Å². The number of hydrogen-bond donors (Lipinski definition) is 2. The van der Waals surface area contributed by atoms with Crippen LogP contribution < -0.4 is 5.32 Å². The van der Waals surface area contributed by atoms with Crippen molar-refractivity contribution in [2.24, 2.45) is 0 Å². The second-order valence-corrected chi connectivity index (χ2v) is 6.04. The predicted molar refractivity (Wildman–Crippen MR) is 82.0 cm³/mol. The molecule has 2 N–H and O–H groups in total. The SMILES string of the molecule is CNc1cccc(C(F)(F)F)c1.Cc1ccc(S(=O)(=O)O)cc1. The summed E-state index contributed by atoms with van der Waals surface area (Å²) < 4.78 is 65.8. The van der Waals surface area contributed by atoms with Crippen LogP contribution in [-0.2, 0) is 16.3 Å². The first-order valence-corrected chi connectivity index (χ1v) is 7.87. The lowest BCUT2D eigenvalue weighted by Gasteiger charge is -2.07. The molecule has 4 nitrogen and oxygen atoms in total. The first-order chi connectivity index (χ1) is 10.5. The molecule has 126 valence electrons. The molecule has 0 radical (unpaired) electrons. The molecule has 0 spiro atoms. The smallest absolute Gasteiger partial charge is 0.388 e. The van der Waals surface area contributed by atoms with Gasteiger partial charge in [-0.1, -0.05) is 23.8 Å². The second-order valence-electron chi connectivity index (χ2n) is 4.62. The van der Waals surface area contributed by atoms with Crippen molar-refractivity contribution in [2.75, 3.05) is 12.4 Å². The Morgan fingerprint density at radius 2 is 1.61 bits per heavy atom. The molecule has 2 aromatic carbocycles. The Balaban J connectivity index is 0.000000231. The minimum Gasteiger partial charge on any atom is -0.388 e. The Kier molecular flexibility index (Phi) is 6.17.